The van der Waals surface area contributed by atoms with E-state index >= 15 is 0 Å². The zero-order valence-electron chi connectivity index (χ0n) is 9.92. The van der Waals surface area contributed by atoms with Crippen LogP contribution in [0.5, 0.6) is 0 Å². The normalized spacial score (nSPS) is 34.2. The van der Waals surface area contributed by atoms with E-state index in [0.717, 1.165) is 24.2 Å². The number of hydrogen-bond acceptors (Lipinski definition) is 1. The fourth-order valence-electron chi connectivity index (χ4n) is 3.72. The van der Waals surface area contributed by atoms with Gasteiger partial charge in [-0.1, -0.05) is 51.4 Å². The summed E-state index contributed by atoms with van der Waals surface area (Å²) in [6.07, 6.45) is 13.9. The highest BCUT2D eigenvalue weighted by Crippen LogP contribution is 2.40. The van der Waals surface area contributed by atoms with E-state index in [4.69, 9.17) is 0 Å². The van der Waals surface area contributed by atoms with Crippen LogP contribution in [0.1, 0.15) is 64.2 Å². The lowest BCUT2D eigenvalue weighted by Gasteiger charge is -2.36. The van der Waals surface area contributed by atoms with Crippen LogP contribution in [-0.4, -0.2) is 6.61 Å². The van der Waals surface area contributed by atoms with Crippen LogP contribution in [0.2, 0.25) is 0 Å². The van der Waals surface area contributed by atoms with Crippen LogP contribution < -0.4 is 5.11 Å². The summed E-state index contributed by atoms with van der Waals surface area (Å²) in [6, 6.07) is 0. The molecule has 0 saturated heterocycles. The molecule has 2 aliphatic rings. The molecule has 1 nitrogen and oxygen atoms in total. The molecular formula is C14H25O-. The predicted molar refractivity (Wildman–Crippen MR) is 61.5 cm³/mol. The third-order valence-corrected chi connectivity index (χ3v) is 4.73. The second-order valence-electron chi connectivity index (χ2n) is 5.67. The van der Waals surface area contributed by atoms with Crippen LogP contribution in [0.25, 0.3) is 0 Å². The first-order valence-corrected chi connectivity index (χ1v) is 6.98. The summed E-state index contributed by atoms with van der Waals surface area (Å²) in [4.78, 5) is 0. The van der Waals surface area contributed by atoms with Crippen molar-refractivity contribution in [2.45, 2.75) is 64.2 Å². The second kappa shape index (κ2) is 5.89. The Hall–Kier alpha value is -0.0400. The Kier molecular flexibility index (Phi) is 4.49. The highest BCUT2D eigenvalue weighted by molar-refractivity contribution is 4.79. The molecule has 0 atom stereocenters. The predicted octanol–water partition coefficient (Wildman–Crippen LogP) is 3.12. The minimum Gasteiger partial charge on any atom is -0.854 e. The van der Waals surface area contributed by atoms with Gasteiger partial charge in [0.25, 0.3) is 0 Å². The lowest BCUT2D eigenvalue weighted by molar-refractivity contribution is -0.370. The molecule has 0 aromatic rings. The quantitative estimate of drug-likeness (QED) is 0.700. The fourth-order valence-corrected chi connectivity index (χ4v) is 3.72. The molecule has 0 heterocycles. The Morgan fingerprint density at radius 3 is 1.93 bits per heavy atom. The lowest BCUT2D eigenvalue weighted by atomic mass is 9.70. The maximum atomic E-state index is 10.6. The Morgan fingerprint density at radius 1 is 0.733 bits per heavy atom. The van der Waals surface area contributed by atoms with Crippen molar-refractivity contribution in [1.82, 2.24) is 0 Å². The summed E-state index contributed by atoms with van der Waals surface area (Å²) in [7, 11) is 0. The van der Waals surface area contributed by atoms with E-state index in [2.05, 4.69) is 0 Å². The molecule has 0 radical (unpaired) electrons. The van der Waals surface area contributed by atoms with Crippen molar-refractivity contribution >= 4 is 0 Å². The van der Waals surface area contributed by atoms with Crippen LogP contribution in [-0.2, 0) is 0 Å². The Labute approximate surface area is 94.3 Å². The summed E-state index contributed by atoms with van der Waals surface area (Å²) < 4.78 is 0. The molecule has 0 aliphatic heterocycles. The molecule has 2 fully saturated rings. The van der Waals surface area contributed by atoms with Gasteiger partial charge in [0.15, 0.2) is 0 Å². The van der Waals surface area contributed by atoms with Gasteiger partial charge in [-0.25, -0.2) is 0 Å². The molecule has 0 bridgehead atoms. The molecule has 0 aromatic heterocycles. The van der Waals surface area contributed by atoms with Crippen molar-refractivity contribution in [3.63, 3.8) is 0 Å². The van der Waals surface area contributed by atoms with E-state index in [-0.39, 0.29) is 6.61 Å². The zero-order chi connectivity index (χ0) is 10.5. The average Bonchev–Trinajstić information content (AvgIpc) is 2.32. The molecule has 2 saturated carbocycles. The first-order valence-electron chi connectivity index (χ1n) is 6.98. The zero-order valence-corrected chi connectivity index (χ0v) is 9.92. The maximum absolute atomic E-state index is 10.6. The van der Waals surface area contributed by atoms with E-state index < -0.39 is 0 Å². The maximum Gasteiger partial charge on any atom is -0.0386 e. The molecule has 0 N–H and O–H groups in total. The van der Waals surface area contributed by atoms with E-state index in [0.29, 0.717) is 0 Å². The summed E-state index contributed by atoms with van der Waals surface area (Å²) in [5.74, 6) is 2.85. The van der Waals surface area contributed by atoms with Crippen molar-refractivity contribution in [3.8, 4) is 0 Å². The van der Waals surface area contributed by atoms with Crippen molar-refractivity contribution in [2.75, 3.05) is 6.61 Å². The van der Waals surface area contributed by atoms with Gasteiger partial charge in [-0.3, -0.25) is 0 Å². The summed E-state index contributed by atoms with van der Waals surface area (Å²) in [5.41, 5.74) is 0. The Morgan fingerprint density at radius 2 is 1.33 bits per heavy atom. The topological polar surface area (TPSA) is 23.1 Å². The largest absolute Gasteiger partial charge is 0.854 e. The van der Waals surface area contributed by atoms with Gasteiger partial charge in [-0.15, -0.1) is 6.61 Å². The highest BCUT2D eigenvalue weighted by Gasteiger charge is 2.27. The molecular weight excluding hydrogens is 184 g/mol. The minimum atomic E-state index is 0.152. The van der Waals surface area contributed by atoms with Crippen molar-refractivity contribution in [1.29, 1.82) is 0 Å². The van der Waals surface area contributed by atoms with Gasteiger partial charge < -0.3 is 5.11 Å². The molecule has 2 aliphatic carbocycles. The van der Waals surface area contributed by atoms with Gasteiger partial charge in [0, 0.05) is 0 Å². The summed E-state index contributed by atoms with van der Waals surface area (Å²) >= 11 is 0. The molecule has 0 unspecified atom stereocenters. The summed E-state index contributed by atoms with van der Waals surface area (Å²) in [5, 5.41) is 10.6. The third-order valence-electron chi connectivity index (χ3n) is 4.73. The van der Waals surface area contributed by atoms with Crippen molar-refractivity contribution < 1.29 is 5.11 Å². The van der Waals surface area contributed by atoms with Gasteiger partial charge in [-0.2, -0.15) is 0 Å². The minimum absolute atomic E-state index is 0.152. The van der Waals surface area contributed by atoms with Crippen LogP contribution in [0.3, 0.4) is 0 Å². The lowest BCUT2D eigenvalue weighted by Crippen LogP contribution is -2.24. The van der Waals surface area contributed by atoms with Crippen LogP contribution in [0, 0.1) is 17.8 Å². The molecule has 88 valence electrons. The first kappa shape index (κ1) is 11.4. The number of rotatable bonds is 3. The highest BCUT2D eigenvalue weighted by atomic mass is 16.3. The summed E-state index contributed by atoms with van der Waals surface area (Å²) in [6.45, 7) is 0.152. The second-order valence-corrected chi connectivity index (χ2v) is 5.67. The molecule has 15 heavy (non-hydrogen) atoms. The van der Waals surface area contributed by atoms with Gasteiger partial charge in [0.1, 0.15) is 0 Å². The van der Waals surface area contributed by atoms with Gasteiger partial charge in [-0.05, 0) is 30.6 Å². The fraction of sp³-hybridized carbons (Fsp3) is 1.00. The van der Waals surface area contributed by atoms with Crippen LogP contribution in [0.4, 0.5) is 0 Å². The van der Waals surface area contributed by atoms with E-state index in [9.17, 15) is 5.11 Å². The Balaban J connectivity index is 1.72. The third kappa shape index (κ3) is 3.21. The number of hydrogen-bond donors (Lipinski definition) is 0. The SMILES string of the molecule is [O-]CCC1CCC(C2CCCCC2)CC1. The van der Waals surface area contributed by atoms with Crippen molar-refractivity contribution in [2.24, 2.45) is 17.8 Å². The van der Waals surface area contributed by atoms with Gasteiger partial charge in [0.05, 0.1) is 0 Å². The van der Waals surface area contributed by atoms with Crippen LogP contribution >= 0.6 is 0 Å². The smallest absolute Gasteiger partial charge is 0.0386 e. The van der Waals surface area contributed by atoms with Gasteiger partial charge in [0.2, 0.25) is 0 Å². The molecule has 0 amide bonds. The average molecular weight is 209 g/mol. The monoisotopic (exact) mass is 209 g/mol. The molecule has 0 aromatic carbocycles. The van der Waals surface area contributed by atoms with Crippen molar-refractivity contribution in [3.05, 3.63) is 0 Å². The molecule has 0 spiro atoms. The van der Waals surface area contributed by atoms with E-state index in [1.807, 2.05) is 0 Å². The van der Waals surface area contributed by atoms with E-state index in [1.54, 1.807) is 0 Å². The van der Waals surface area contributed by atoms with Gasteiger partial charge >= 0.3 is 0 Å². The van der Waals surface area contributed by atoms with E-state index in [1.165, 1.54) is 57.8 Å². The molecule has 1 heteroatoms. The standard InChI is InChI=1S/C14H25O/c15-11-10-12-6-8-14(9-7-12)13-4-2-1-3-5-13/h12-14H,1-11H2/q-1. The Bertz CT molecular complexity index is 164. The first-order chi connectivity index (χ1) is 7.40. The molecule has 2 rings (SSSR count). The van der Waals surface area contributed by atoms with Crippen LogP contribution in [0.15, 0.2) is 0 Å².